The Labute approximate surface area is 83.7 Å². The molecule has 1 unspecified atom stereocenters. The summed E-state index contributed by atoms with van der Waals surface area (Å²) >= 11 is 0. The number of nitrogens with zero attached hydrogens (tertiary/aromatic N) is 2. The third kappa shape index (κ3) is 2.71. The van der Waals surface area contributed by atoms with Crippen LogP contribution in [0.25, 0.3) is 0 Å². The van der Waals surface area contributed by atoms with E-state index >= 15 is 0 Å². The van der Waals surface area contributed by atoms with Crippen molar-refractivity contribution in [1.29, 1.82) is 0 Å². The second kappa shape index (κ2) is 3.92. The van der Waals surface area contributed by atoms with Crippen LogP contribution in [0.3, 0.4) is 0 Å². The molecule has 1 atom stereocenters. The van der Waals surface area contributed by atoms with Gasteiger partial charge in [-0.25, -0.2) is 9.78 Å². The van der Waals surface area contributed by atoms with Crippen molar-refractivity contribution in [2.75, 3.05) is 0 Å². The molecule has 7 heteroatoms. The molecule has 1 aromatic heterocycles. The van der Waals surface area contributed by atoms with E-state index in [1.54, 1.807) is 13.2 Å². The van der Waals surface area contributed by atoms with Crippen LogP contribution in [-0.2, 0) is 16.6 Å². The molecular weight excluding hydrogens is 213 g/mol. The average molecular weight is 222 g/mol. The molecule has 0 radical (unpaired) electrons. The molecule has 0 spiro atoms. The van der Waals surface area contributed by atoms with Gasteiger partial charge in [-0.3, -0.25) is 0 Å². The number of ether oxygens (including phenoxy) is 1. The molecule has 0 N–H and O–H groups in total. The molecule has 0 aromatic carbocycles. The number of aromatic nitrogens is 2. The lowest BCUT2D eigenvalue weighted by atomic mass is 10.4. The highest BCUT2D eigenvalue weighted by Crippen LogP contribution is 2.22. The topological polar surface area (TPSA) is 44.1 Å². The van der Waals surface area contributed by atoms with Gasteiger partial charge in [-0.15, -0.1) is 0 Å². The van der Waals surface area contributed by atoms with E-state index in [9.17, 15) is 18.0 Å². The molecule has 1 rings (SSSR count). The van der Waals surface area contributed by atoms with Crippen molar-refractivity contribution >= 4 is 5.97 Å². The lowest BCUT2D eigenvalue weighted by Gasteiger charge is -2.13. The van der Waals surface area contributed by atoms with Crippen molar-refractivity contribution in [2.45, 2.75) is 19.2 Å². The molecule has 0 amide bonds. The SMILES string of the molecule is CC(OC(=O)C(F)(F)F)c1nccn1C. The number of aryl methyl sites for hydroxylation is 1. The van der Waals surface area contributed by atoms with Crippen molar-refractivity contribution in [3.63, 3.8) is 0 Å². The van der Waals surface area contributed by atoms with Gasteiger partial charge in [0.15, 0.2) is 6.10 Å². The standard InChI is InChI=1S/C8H9F3N2O2/c1-5(6-12-3-4-13(6)2)15-7(14)8(9,10)11/h3-5H,1-2H3. The van der Waals surface area contributed by atoms with E-state index in [0.717, 1.165) is 0 Å². The van der Waals surface area contributed by atoms with Crippen LogP contribution in [0.1, 0.15) is 18.9 Å². The third-order valence-electron chi connectivity index (χ3n) is 1.74. The molecule has 0 aliphatic rings. The minimum absolute atomic E-state index is 0.257. The van der Waals surface area contributed by atoms with E-state index in [2.05, 4.69) is 9.72 Å². The van der Waals surface area contributed by atoms with E-state index in [4.69, 9.17) is 0 Å². The van der Waals surface area contributed by atoms with Gasteiger partial charge in [0.05, 0.1) is 0 Å². The molecule has 1 aromatic rings. The normalized spacial score (nSPS) is 13.7. The third-order valence-corrected chi connectivity index (χ3v) is 1.74. The lowest BCUT2D eigenvalue weighted by Crippen LogP contribution is -2.27. The van der Waals surface area contributed by atoms with Crippen LogP contribution in [0.15, 0.2) is 12.4 Å². The summed E-state index contributed by atoms with van der Waals surface area (Å²) in [7, 11) is 1.60. The first kappa shape index (κ1) is 11.5. The Balaban J connectivity index is 2.69. The van der Waals surface area contributed by atoms with Gasteiger partial charge < -0.3 is 9.30 Å². The highest BCUT2D eigenvalue weighted by Gasteiger charge is 2.42. The molecule has 1 heterocycles. The van der Waals surface area contributed by atoms with Crippen LogP contribution in [0.2, 0.25) is 0 Å². The number of hydrogen-bond acceptors (Lipinski definition) is 3. The fourth-order valence-corrected chi connectivity index (χ4v) is 1.05. The smallest absolute Gasteiger partial charge is 0.448 e. The van der Waals surface area contributed by atoms with Gasteiger partial charge in [-0.2, -0.15) is 13.2 Å². The second-order valence-electron chi connectivity index (χ2n) is 2.94. The van der Waals surface area contributed by atoms with E-state index in [1.165, 1.54) is 17.7 Å². The van der Waals surface area contributed by atoms with Crippen LogP contribution in [0.4, 0.5) is 13.2 Å². The fraction of sp³-hybridized carbons (Fsp3) is 0.500. The fourth-order valence-electron chi connectivity index (χ4n) is 1.05. The summed E-state index contributed by atoms with van der Waals surface area (Å²) in [6.07, 6.45) is -3.04. The number of carbonyl (C=O) groups is 1. The summed E-state index contributed by atoms with van der Waals surface area (Å²) in [5, 5.41) is 0. The number of rotatable bonds is 2. The van der Waals surface area contributed by atoms with Gasteiger partial charge in [0.25, 0.3) is 0 Å². The highest BCUT2D eigenvalue weighted by atomic mass is 19.4. The molecule has 0 aliphatic heterocycles. The molecule has 84 valence electrons. The number of alkyl halides is 3. The van der Waals surface area contributed by atoms with Crippen LogP contribution in [0.5, 0.6) is 0 Å². The van der Waals surface area contributed by atoms with Crippen LogP contribution in [-0.4, -0.2) is 21.7 Å². The van der Waals surface area contributed by atoms with Crippen LogP contribution >= 0.6 is 0 Å². The average Bonchev–Trinajstić information content (AvgIpc) is 2.49. The van der Waals surface area contributed by atoms with Gasteiger partial charge in [-0.1, -0.05) is 0 Å². The predicted molar refractivity (Wildman–Crippen MR) is 43.8 cm³/mol. The van der Waals surface area contributed by atoms with Crippen molar-refractivity contribution in [3.05, 3.63) is 18.2 Å². The van der Waals surface area contributed by atoms with Crippen LogP contribution in [0, 0.1) is 0 Å². The predicted octanol–water partition coefficient (Wildman–Crippen LogP) is 1.59. The van der Waals surface area contributed by atoms with Crippen molar-refractivity contribution in [1.82, 2.24) is 9.55 Å². The van der Waals surface area contributed by atoms with Gasteiger partial charge in [-0.05, 0) is 6.92 Å². The number of carbonyl (C=O) groups excluding carboxylic acids is 1. The minimum Gasteiger partial charge on any atom is -0.448 e. The Morgan fingerprint density at radius 1 is 1.60 bits per heavy atom. The van der Waals surface area contributed by atoms with Gasteiger partial charge in [0.2, 0.25) is 0 Å². The minimum atomic E-state index is -4.97. The second-order valence-corrected chi connectivity index (χ2v) is 2.94. The maximum atomic E-state index is 11.8. The van der Waals surface area contributed by atoms with Gasteiger partial charge in [0.1, 0.15) is 5.82 Å². The van der Waals surface area contributed by atoms with E-state index < -0.39 is 18.2 Å². The molecule has 0 bridgehead atoms. The maximum absolute atomic E-state index is 11.8. The molecule has 0 saturated heterocycles. The Morgan fingerprint density at radius 2 is 2.20 bits per heavy atom. The Bertz CT molecular complexity index is 359. The summed E-state index contributed by atoms with van der Waals surface area (Å²) in [4.78, 5) is 14.3. The molecule has 4 nitrogen and oxygen atoms in total. The lowest BCUT2D eigenvalue weighted by molar-refractivity contribution is -0.204. The number of halogens is 3. The molecule has 0 aliphatic carbocycles. The van der Waals surface area contributed by atoms with E-state index in [0.29, 0.717) is 0 Å². The van der Waals surface area contributed by atoms with E-state index in [-0.39, 0.29) is 5.82 Å². The van der Waals surface area contributed by atoms with Crippen LogP contribution < -0.4 is 0 Å². The molecule has 0 fully saturated rings. The van der Waals surface area contributed by atoms with Crippen molar-refractivity contribution < 1.29 is 22.7 Å². The molecule has 0 saturated carbocycles. The van der Waals surface area contributed by atoms with Gasteiger partial charge in [0, 0.05) is 19.4 Å². The zero-order valence-electron chi connectivity index (χ0n) is 8.08. The molecule has 15 heavy (non-hydrogen) atoms. The quantitative estimate of drug-likeness (QED) is 0.713. The first-order valence-electron chi connectivity index (χ1n) is 4.07. The zero-order valence-corrected chi connectivity index (χ0v) is 8.08. The van der Waals surface area contributed by atoms with Crippen molar-refractivity contribution in [3.8, 4) is 0 Å². The maximum Gasteiger partial charge on any atom is 0.490 e. The van der Waals surface area contributed by atoms with E-state index in [1.807, 2.05) is 0 Å². The zero-order chi connectivity index (χ0) is 11.6. The highest BCUT2D eigenvalue weighted by molar-refractivity contribution is 5.75. The number of imidazole rings is 1. The summed E-state index contributed by atoms with van der Waals surface area (Å²) < 4.78 is 41.2. The largest absolute Gasteiger partial charge is 0.490 e. The number of esters is 1. The summed E-state index contributed by atoms with van der Waals surface area (Å²) in [5.41, 5.74) is 0. The summed E-state index contributed by atoms with van der Waals surface area (Å²) in [6.45, 7) is 1.33. The summed E-state index contributed by atoms with van der Waals surface area (Å²) in [6, 6.07) is 0. The first-order chi connectivity index (χ1) is 6.82. The Hall–Kier alpha value is -1.53. The van der Waals surface area contributed by atoms with Gasteiger partial charge >= 0.3 is 12.1 Å². The Kier molecular flexibility index (Phi) is 3.01. The number of hydrogen-bond donors (Lipinski definition) is 0. The molecular formula is C8H9F3N2O2. The monoisotopic (exact) mass is 222 g/mol. The summed E-state index contributed by atoms with van der Waals surface area (Å²) in [5.74, 6) is -1.95. The first-order valence-corrected chi connectivity index (χ1v) is 4.07. The Morgan fingerprint density at radius 3 is 2.60 bits per heavy atom. The van der Waals surface area contributed by atoms with Crippen molar-refractivity contribution in [2.24, 2.45) is 7.05 Å².